The number of nitrogens with one attached hydrogen (secondary N) is 1. The van der Waals surface area contributed by atoms with Crippen LogP contribution in [0.5, 0.6) is 11.5 Å². The van der Waals surface area contributed by atoms with Gasteiger partial charge in [-0.25, -0.2) is 0 Å². The van der Waals surface area contributed by atoms with Crippen molar-refractivity contribution < 1.29 is 14.3 Å². The van der Waals surface area contributed by atoms with Gasteiger partial charge < -0.3 is 14.8 Å². The molecule has 1 N–H and O–H groups in total. The standard InChI is InChI=1S/C20H23NO3/c1-15-5-4-6-16(13-15)11-12-21-20(22)10-8-17-7-9-18(23-2)19(14-17)24-3/h4-10,13-14H,11-12H2,1-3H3,(H,21,22)/b10-8+. The largest absolute Gasteiger partial charge is 0.493 e. The number of aryl methyl sites for hydroxylation is 1. The first kappa shape index (κ1) is 17.6. The van der Waals surface area contributed by atoms with Crippen LogP contribution in [-0.2, 0) is 11.2 Å². The van der Waals surface area contributed by atoms with Crippen molar-refractivity contribution in [2.24, 2.45) is 0 Å². The van der Waals surface area contributed by atoms with Crippen LogP contribution in [0.25, 0.3) is 6.08 Å². The molecule has 1 amide bonds. The Hall–Kier alpha value is -2.75. The van der Waals surface area contributed by atoms with Gasteiger partial charge in [-0.1, -0.05) is 35.9 Å². The first-order valence-corrected chi connectivity index (χ1v) is 7.86. The van der Waals surface area contributed by atoms with Crippen LogP contribution in [-0.4, -0.2) is 26.7 Å². The highest BCUT2D eigenvalue weighted by Crippen LogP contribution is 2.27. The number of carbonyl (C=O) groups excluding carboxylic acids is 1. The van der Waals surface area contributed by atoms with Gasteiger partial charge in [-0.05, 0) is 42.7 Å². The maximum Gasteiger partial charge on any atom is 0.244 e. The number of hydrogen-bond acceptors (Lipinski definition) is 3. The molecule has 0 fully saturated rings. The Morgan fingerprint density at radius 3 is 2.58 bits per heavy atom. The fourth-order valence-electron chi connectivity index (χ4n) is 2.39. The highest BCUT2D eigenvalue weighted by Gasteiger charge is 2.03. The van der Waals surface area contributed by atoms with Gasteiger partial charge in [-0.2, -0.15) is 0 Å². The fourth-order valence-corrected chi connectivity index (χ4v) is 2.39. The van der Waals surface area contributed by atoms with Crippen LogP contribution in [0.15, 0.2) is 48.5 Å². The zero-order valence-corrected chi connectivity index (χ0v) is 14.3. The third-order valence-electron chi connectivity index (χ3n) is 3.63. The lowest BCUT2D eigenvalue weighted by Gasteiger charge is -2.07. The molecule has 2 aromatic rings. The van der Waals surface area contributed by atoms with Gasteiger partial charge in [0.25, 0.3) is 0 Å². The molecular formula is C20H23NO3. The summed E-state index contributed by atoms with van der Waals surface area (Å²) in [5.74, 6) is 1.19. The molecule has 2 aromatic carbocycles. The van der Waals surface area contributed by atoms with Crippen LogP contribution < -0.4 is 14.8 Å². The van der Waals surface area contributed by atoms with Crippen molar-refractivity contribution >= 4 is 12.0 Å². The number of carbonyl (C=O) groups is 1. The second kappa shape index (κ2) is 8.77. The van der Waals surface area contributed by atoms with E-state index in [-0.39, 0.29) is 5.91 Å². The van der Waals surface area contributed by atoms with Crippen LogP contribution >= 0.6 is 0 Å². The summed E-state index contributed by atoms with van der Waals surface area (Å²) in [7, 11) is 3.18. The zero-order chi connectivity index (χ0) is 17.4. The molecule has 0 heterocycles. The third-order valence-corrected chi connectivity index (χ3v) is 3.63. The van der Waals surface area contributed by atoms with E-state index in [0.29, 0.717) is 18.0 Å². The van der Waals surface area contributed by atoms with Crippen LogP contribution in [0.2, 0.25) is 0 Å². The summed E-state index contributed by atoms with van der Waals surface area (Å²) in [6, 6.07) is 13.8. The predicted octanol–water partition coefficient (Wildman–Crippen LogP) is 3.38. The lowest BCUT2D eigenvalue weighted by Crippen LogP contribution is -2.23. The van der Waals surface area contributed by atoms with E-state index in [1.165, 1.54) is 17.2 Å². The molecule has 0 aromatic heterocycles. The molecule has 0 unspecified atom stereocenters. The van der Waals surface area contributed by atoms with Crippen LogP contribution in [0, 0.1) is 6.92 Å². The van der Waals surface area contributed by atoms with E-state index in [2.05, 4.69) is 30.4 Å². The molecule has 0 saturated heterocycles. The summed E-state index contributed by atoms with van der Waals surface area (Å²) in [6.07, 6.45) is 4.10. The first-order valence-electron chi connectivity index (χ1n) is 7.86. The Labute approximate surface area is 143 Å². The fraction of sp³-hybridized carbons (Fsp3) is 0.250. The Morgan fingerprint density at radius 1 is 1.08 bits per heavy atom. The Kier molecular flexibility index (Phi) is 6.43. The lowest BCUT2D eigenvalue weighted by molar-refractivity contribution is -0.116. The third kappa shape index (κ3) is 5.16. The molecule has 0 bridgehead atoms. The summed E-state index contributed by atoms with van der Waals surface area (Å²) in [5.41, 5.74) is 3.33. The molecule has 0 saturated carbocycles. The molecule has 0 radical (unpaired) electrons. The van der Waals surface area contributed by atoms with Gasteiger partial charge >= 0.3 is 0 Å². The van der Waals surface area contributed by atoms with Crippen molar-refractivity contribution in [3.8, 4) is 11.5 Å². The maximum absolute atomic E-state index is 11.9. The lowest BCUT2D eigenvalue weighted by atomic mass is 10.1. The summed E-state index contributed by atoms with van der Waals surface area (Å²) >= 11 is 0. The van der Waals surface area contributed by atoms with E-state index in [9.17, 15) is 4.79 Å². The topological polar surface area (TPSA) is 47.6 Å². The summed E-state index contributed by atoms with van der Waals surface area (Å²) < 4.78 is 10.4. The average molecular weight is 325 g/mol. The number of hydrogen-bond donors (Lipinski definition) is 1. The molecule has 0 aliphatic heterocycles. The van der Waals surface area contributed by atoms with E-state index < -0.39 is 0 Å². The smallest absolute Gasteiger partial charge is 0.244 e. The van der Waals surface area contributed by atoms with Crippen LogP contribution in [0.4, 0.5) is 0 Å². The molecule has 0 aliphatic rings. The second-order valence-electron chi connectivity index (χ2n) is 5.48. The number of amides is 1. The van der Waals surface area contributed by atoms with Crippen molar-refractivity contribution in [1.82, 2.24) is 5.32 Å². The first-order chi connectivity index (χ1) is 11.6. The van der Waals surface area contributed by atoms with E-state index in [1.54, 1.807) is 20.3 Å². The molecule has 0 aliphatic carbocycles. The molecular weight excluding hydrogens is 302 g/mol. The van der Waals surface area contributed by atoms with E-state index in [0.717, 1.165) is 12.0 Å². The Balaban J connectivity index is 1.86. The summed E-state index contributed by atoms with van der Waals surface area (Å²) in [6.45, 7) is 2.67. The molecule has 4 nitrogen and oxygen atoms in total. The minimum atomic E-state index is -0.113. The van der Waals surface area contributed by atoms with E-state index in [1.807, 2.05) is 24.3 Å². The maximum atomic E-state index is 11.9. The molecule has 4 heteroatoms. The summed E-state index contributed by atoms with van der Waals surface area (Å²) in [4.78, 5) is 11.9. The quantitative estimate of drug-likeness (QED) is 0.794. The molecule has 24 heavy (non-hydrogen) atoms. The van der Waals surface area contributed by atoms with Crippen molar-refractivity contribution in [1.29, 1.82) is 0 Å². The minimum Gasteiger partial charge on any atom is -0.493 e. The number of methoxy groups -OCH3 is 2. The van der Waals surface area contributed by atoms with Crippen molar-refractivity contribution in [3.05, 3.63) is 65.2 Å². The zero-order valence-electron chi connectivity index (χ0n) is 14.3. The highest BCUT2D eigenvalue weighted by molar-refractivity contribution is 5.91. The average Bonchev–Trinajstić information content (AvgIpc) is 2.59. The highest BCUT2D eigenvalue weighted by atomic mass is 16.5. The predicted molar refractivity (Wildman–Crippen MR) is 96.5 cm³/mol. The van der Waals surface area contributed by atoms with E-state index >= 15 is 0 Å². The SMILES string of the molecule is COc1ccc(/C=C/C(=O)NCCc2cccc(C)c2)cc1OC. The van der Waals surface area contributed by atoms with Crippen molar-refractivity contribution in [2.45, 2.75) is 13.3 Å². The normalized spacial score (nSPS) is 10.6. The van der Waals surface area contributed by atoms with Crippen molar-refractivity contribution in [2.75, 3.05) is 20.8 Å². The van der Waals surface area contributed by atoms with Crippen LogP contribution in [0.1, 0.15) is 16.7 Å². The number of ether oxygens (including phenoxy) is 2. The Morgan fingerprint density at radius 2 is 1.88 bits per heavy atom. The van der Waals surface area contributed by atoms with Crippen molar-refractivity contribution in [3.63, 3.8) is 0 Å². The van der Waals surface area contributed by atoms with Gasteiger partial charge in [0.1, 0.15) is 0 Å². The van der Waals surface area contributed by atoms with Crippen LogP contribution in [0.3, 0.4) is 0 Å². The Bertz CT molecular complexity index is 723. The minimum absolute atomic E-state index is 0.113. The monoisotopic (exact) mass is 325 g/mol. The van der Waals surface area contributed by atoms with Gasteiger partial charge in [0, 0.05) is 12.6 Å². The van der Waals surface area contributed by atoms with Gasteiger partial charge in [0.2, 0.25) is 5.91 Å². The van der Waals surface area contributed by atoms with Gasteiger partial charge in [-0.15, -0.1) is 0 Å². The van der Waals surface area contributed by atoms with E-state index in [4.69, 9.17) is 9.47 Å². The van der Waals surface area contributed by atoms with Gasteiger partial charge in [0.05, 0.1) is 14.2 Å². The second-order valence-corrected chi connectivity index (χ2v) is 5.48. The molecule has 126 valence electrons. The number of rotatable bonds is 7. The van der Waals surface area contributed by atoms with Gasteiger partial charge in [-0.3, -0.25) is 4.79 Å². The summed E-state index contributed by atoms with van der Waals surface area (Å²) in [5, 5.41) is 2.89. The molecule has 0 atom stereocenters. The molecule has 0 spiro atoms. The van der Waals surface area contributed by atoms with Gasteiger partial charge in [0.15, 0.2) is 11.5 Å². The number of benzene rings is 2. The molecule has 2 rings (SSSR count).